The van der Waals surface area contributed by atoms with Gasteiger partial charge in [-0.3, -0.25) is 4.72 Å². The minimum Gasteiger partial charge on any atom is -0.398 e. The Hall–Kier alpha value is -1.57. The number of nitrogens with two attached hydrogens (primary N) is 1. The molecule has 0 fully saturated rings. The van der Waals surface area contributed by atoms with Crippen LogP contribution in [-0.4, -0.2) is 18.4 Å². The summed E-state index contributed by atoms with van der Waals surface area (Å²) in [6, 6.07) is 4.49. The van der Waals surface area contributed by atoms with Crippen molar-refractivity contribution in [2.75, 3.05) is 10.5 Å². The van der Waals surface area contributed by atoms with E-state index < -0.39 is 10.0 Å². The molecule has 0 aliphatic carbocycles. The van der Waals surface area contributed by atoms with E-state index in [0.29, 0.717) is 11.3 Å². The molecule has 3 N–H and O–H groups in total. The number of nitrogen functional groups attached to an aromatic ring is 1. The molecular weight excluding hydrogens is 335 g/mol. The maximum atomic E-state index is 12.4. The van der Waals surface area contributed by atoms with Crippen molar-refractivity contribution in [3.05, 3.63) is 39.8 Å². The molecule has 0 spiro atoms. The molecule has 0 aliphatic heterocycles. The van der Waals surface area contributed by atoms with Gasteiger partial charge in [-0.1, -0.05) is 11.6 Å². The lowest BCUT2D eigenvalue weighted by Crippen LogP contribution is -2.16. The summed E-state index contributed by atoms with van der Waals surface area (Å²) in [5.41, 5.74) is 7.39. The van der Waals surface area contributed by atoms with E-state index in [9.17, 15) is 8.42 Å². The van der Waals surface area contributed by atoms with Gasteiger partial charge < -0.3 is 5.73 Å². The van der Waals surface area contributed by atoms with Gasteiger partial charge in [0.05, 0.1) is 4.90 Å². The zero-order valence-corrected chi connectivity index (χ0v) is 13.5. The first-order valence-electron chi connectivity index (χ1n) is 5.78. The van der Waals surface area contributed by atoms with Gasteiger partial charge in [0.25, 0.3) is 10.0 Å². The molecule has 0 saturated heterocycles. The summed E-state index contributed by atoms with van der Waals surface area (Å²) in [6.45, 7) is 3.39. The number of aromatic nitrogens is 2. The number of rotatable bonds is 3. The molecule has 112 valence electrons. The summed E-state index contributed by atoms with van der Waals surface area (Å²) in [5, 5.41) is -0.117. The highest BCUT2D eigenvalue weighted by molar-refractivity contribution is 7.92. The summed E-state index contributed by atoms with van der Waals surface area (Å²) < 4.78 is 27.2. The molecule has 0 unspecified atom stereocenters. The molecule has 2 rings (SSSR count). The fourth-order valence-electron chi connectivity index (χ4n) is 1.77. The highest BCUT2D eigenvalue weighted by Crippen LogP contribution is 2.25. The second-order valence-electron chi connectivity index (χ2n) is 4.43. The molecule has 0 saturated carbocycles. The first-order valence-corrected chi connectivity index (χ1v) is 8.02. The van der Waals surface area contributed by atoms with Crippen LogP contribution in [0.25, 0.3) is 0 Å². The summed E-state index contributed by atoms with van der Waals surface area (Å²) in [5.74, 6) is -0.0144. The number of aryl methyl sites for hydroxylation is 1. The second kappa shape index (κ2) is 5.67. The average Bonchev–Trinajstić information content (AvgIpc) is 2.31. The fraction of sp³-hybridized carbons (Fsp3) is 0.167. The zero-order chi connectivity index (χ0) is 15.8. The molecular formula is C12H12Cl2N4O2S. The van der Waals surface area contributed by atoms with Crippen molar-refractivity contribution in [3.8, 4) is 0 Å². The fourth-order valence-corrected chi connectivity index (χ4v) is 3.53. The Balaban J connectivity index is 2.48. The smallest absolute Gasteiger partial charge is 0.263 e. The van der Waals surface area contributed by atoms with Crippen LogP contribution in [0.1, 0.15) is 11.1 Å². The molecule has 6 nitrogen and oxygen atoms in total. The Kier molecular flexibility index (Phi) is 4.27. The van der Waals surface area contributed by atoms with Crippen molar-refractivity contribution >= 4 is 44.7 Å². The predicted molar refractivity (Wildman–Crippen MR) is 83.2 cm³/mol. The van der Waals surface area contributed by atoms with Gasteiger partial charge in [-0.2, -0.15) is 4.98 Å². The Morgan fingerprint density at radius 1 is 1.14 bits per heavy atom. The third-order valence-electron chi connectivity index (χ3n) is 2.74. The molecule has 0 bridgehead atoms. The Morgan fingerprint density at radius 3 is 2.43 bits per heavy atom. The third-order valence-corrected chi connectivity index (χ3v) is 4.58. The van der Waals surface area contributed by atoms with Gasteiger partial charge in [0.15, 0.2) is 0 Å². The van der Waals surface area contributed by atoms with E-state index in [1.807, 2.05) is 0 Å². The van der Waals surface area contributed by atoms with E-state index in [1.54, 1.807) is 19.9 Å². The van der Waals surface area contributed by atoms with Crippen LogP contribution >= 0.6 is 23.2 Å². The van der Waals surface area contributed by atoms with Gasteiger partial charge in [-0.25, -0.2) is 13.4 Å². The summed E-state index contributed by atoms with van der Waals surface area (Å²) >= 11 is 11.4. The molecule has 1 aromatic carbocycles. The molecule has 21 heavy (non-hydrogen) atoms. The summed E-state index contributed by atoms with van der Waals surface area (Å²) in [4.78, 5) is 7.49. The van der Waals surface area contributed by atoms with E-state index in [2.05, 4.69) is 14.7 Å². The number of hydrogen-bond acceptors (Lipinski definition) is 5. The van der Waals surface area contributed by atoms with Gasteiger partial charge in [0.2, 0.25) is 5.28 Å². The standard InChI is InChI=1S/C12H12Cl2N4O2S/c1-6-3-8(15)7(2)9(4-6)21(19,20)18-11-5-10(13)16-12(14)17-11/h3-5H,15H2,1-2H3,(H,16,17,18). The lowest BCUT2D eigenvalue weighted by molar-refractivity contribution is 0.600. The second-order valence-corrected chi connectivity index (χ2v) is 6.80. The monoisotopic (exact) mass is 346 g/mol. The van der Waals surface area contributed by atoms with Crippen LogP contribution in [0.2, 0.25) is 10.4 Å². The van der Waals surface area contributed by atoms with E-state index >= 15 is 0 Å². The topological polar surface area (TPSA) is 98.0 Å². The average molecular weight is 347 g/mol. The first-order chi connectivity index (χ1) is 9.69. The van der Waals surface area contributed by atoms with Crippen molar-refractivity contribution in [3.63, 3.8) is 0 Å². The van der Waals surface area contributed by atoms with Crippen molar-refractivity contribution in [2.45, 2.75) is 18.7 Å². The van der Waals surface area contributed by atoms with E-state index in [0.717, 1.165) is 5.56 Å². The molecule has 1 aromatic heterocycles. The van der Waals surface area contributed by atoms with Gasteiger partial charge >= 0.3 is 0 Å². The molecule has 9 heteroatoms. The van der Waals surface area contributed by atoms with Gasteiger partial charge in [-0.05, 0) is 48.7 Å². The normalized spacial score (nSPS) is 11.4. The number of halogens is 2. The molecule has 2 aromatic rings. The number of benzene rings is 1. The van der Waals surface area contributed by atoms with Crippen LogP contribution in [0.4, 0.5) is 11.5 Å². The zero-order valence-electron chi connectivity index (χ0n) is 11.2. The quantitative estimate of drug-likeness (QED) is 0.505. The number of nitrogens with one attached hydrogen (secondary N) is 1. The minimum absolute atomic E-state index is 0.0144. The molecule has 0 radical (unpaired) electrons. The van der Waals surface area contributed by atoms with Crippen molar-refractivity contribution in [1.29, 1.82) is 0 Å². The molecule has 0 aliphatic rings. The van der Waals surface area contributed by atoms with Gasteiger partial charge in [-0.15, -0.1) is 0 Å². The minimum atomic E-state index is -3.86. The summed E-state index contributed by atoms with van der Waals surface area (Å²) in [6.07, 6.45) is 0. The van der Waals surface area contributed by atoms with E-state index in [4.69, 9.17) is 28.9 Å². The predicted octanol–water partition coefficient (Wildman–Crippen LogP) is 2.78. The molecule has 0 amide bonds. The van der Waals surface area contributed by atoms with Crippen molar-refractivity contribution < 1.29 is 8.42 Å². The van der Waals surface area contributed by atoms with Gasteiger partial charge in [0.1, 0.15) is 11.0 Å². The largest absolute Gasteiger partial charge is 0.398 e. The van der Waals surface area contributed by atoms with Crippen LogP contribution in [0, 0.1) is 13.8 Å². The SMILES string of the molecule is Cc1cc(N)c(C)c(S(=O)(=O)Nc2cc(Cl)nc(Cl)n2)c1. The van der Waals surface area contributed by atoms with Crippen molar-refractivity contribution in [2.24, 2.45) is 0 Å². The number of hydrogen-bond donors (Lipinski definition) is 2. The maximum Gasteiger partial charge on any atom is 0.263 e. The van der Waals surface area contributed by atoms with Gasteiger partial charge in [0, 0.05) is 11.8 Å². The Morgan fingerprint density at radius 2 is 1.81 bits per heavy atom. The van der Waals surface area contributed by atoms with Crippen LogP contribution in [0.3, 0.4) is 0 Å². The maximum absolute atomic E-state index is 12.4. The number of sulfonamides is 1. The van der Waals surface area contributed by atoms with Crippen LogP contribution < -0.4 is 10.5 Å². The summed E-state index contributed by atoms with van der Waals surface area (Å²) in [7, 11) is -3.86. The van der Waals surface area contributed by atoms with Crippen LogP contribution in [0.5, 0.6) is 0 Å². The molecule has 1 heterocycles. The highest BCUT2D eigenvalue weighted by Gasteiger charge is 2.20. The number of anilines is 2. The lowest BCUT2D eigenvalue weighted by atomic mass is 10.1. The van der Waals surface area contributed by atoms with E-state index in [1.165, 1.54) is 12.1 Å². The number of nitrogens with zero attached hydrogens (tertiary/aromatic N) is 2. The Labute approximate surface area is 132 Å². The highest BCUT2D eigenvalue weighted by atomic mass is 35.5. The van der Waals surface area contributed by atoms with E-state index in [-0.39, 0.29) is 21.2 Å². The molecule has 0 atom stereocenters. The van der Waals surface area contributed by atoms with Crippen LogP contribution in [-0.2, 0) is 10.0 Å². The lowest BCUT2D eigenvalue weighted by Gasteiger charge is -2.12. The Bertz CT molecular complexity index is 789. The third kappa shape index (κ3) is 3.55. The van der Waals surface area contributed by atoms with Crippen molar-refractivity contribution in [1.82, 2.24) is 9.97 Å². The van der Waals surface area contributed by atoms with Crippen LogP contribution in [0.15, 0.2) is 23.1 Å². The first kappa shape index (κ1) is 15.8.